The molecule has 3 saturated heterocycles. The highest BCUT2D eigenvalue weighted by Crippen LogP contribution is 2.47. The Labute approximate surface area is 348 Å². The van der Waals surface area contributed by atoms with Gasteiger partial charge in [0.1, 0.15) is 6.10 Å². The molecular weight excluding hydrogens is 768 g/mol. The Morgan fingerprint density at radius 1 is 0.847 bits per heavy atom. The first kappa shape index (κ1) is 48.5. The Hall–Kier alpha value is -3.18. The summed E-state index contributed by atoms with van der Waals surface area (Å²) in [6, 6.07) is 0. The summed E-state index contributed by atoms with van der Waals surface area (Å²) < 4.78 is 41.2. The standard InChI is InChI=1S/C44H68O15/c1-8-9-10-11-12-13-37(48)58-41-28(20-39(50)54-7)19-33-23-34(26-45)57-40(51)22-29(46)21-32-24-35(47)43(4,5)36(56-32)25-31-17-27(18-38(49)53-6)16-30(55-31)14-15-42(2,3)44(41,52)59-33/h14-15,18,20,29-36,41,45-47,52H,8-13,16-17,19,21-26H2,1-7H3/b15-14+,27-18+,28-20+/t29-,30+,31+,32-,33+,34-,35+,36+,41+,44-/m1/s1. The van der Waals surface area contributed by atoms with Crippen molar-refractivity contribution in [2.45, 2.75) is 185 Å². The van der Waals surface area contributed by atoms with Crippen LogP contribution in [0.2, 0.25) is 0 Å². The number of fused-ring (bicyclic) bond motifs is 6. The molecule has 59 heavy (non-hydrogen) atoms. The summed E-state index contributed by atoms with van der Waals surface area (Å²) in [5.41, 5.74) is -1.16. The van der Waals surface area contributed by atoms with Crippen LogP contribution in [-0.4, -0.2) is 126 Å². The summed E-state index contributed by atoms with van der Waals surface area (Å²) in [7, 11) is 2.49. The fourth-order valence-electron chi connectivity index (χ4n) is 8.45. The van der Waals surface area contributed by atoms with Crippen LogP contribution >= 0.6 is 0 Å². The fraction of sp³-hybridized carbons (Fsp3) is 0.773. The second-order valence-electron chi connectivity index (χ2n) is 17.7. The number of aliphatic hydroxyl groups excluding tert-OH is 3. The van der Waals surface area contributed by atoms with E-state index in [2.05, 4.69) is 6.92 Å². The second-order valence-corrected chi connectivity index (χ2v) is 17.7. The molecule has 0 aromatic rings. The van der Waals surface area contributed by atoms with Crippen molar-refractivity contribution in [1.82, 2.24) is 0 Å². The van der Waals surface area contributed by atoms with Crippen LogP contribution in [0.25, 0.3) is 0 Å². The Morgan fingerprint density at radius 3 is 2.22 bits per heavy atom. The molecule has 334 valence electrons. The number of hydrogen-bond acceptors (Lipinski definition) is 15. The van der Waals surface area contributed by atoms with Gasteiger partial charge < -0.3 is 53.6 Å². The molecule has 10 atom stereocenters. The van der Waals surface area contributed by atoms with Crippen molar-refractivity contribution in [3.05, 3.63) is 35.5 Å². The predicted octanol–water partition coefficient (Wildman–Crippen LogP) is 4.45. The van der Waals surface area contributed by atoms with Crippen LogP contribution in [0.1, 0.15) is 125 Å². The van der Waals surface area contributed by atoms with E-state index in [1.807, 2.05) is 13.8 Å². The number of aliphatic hydroxyl groups is 4. The first-order valence-electron chi connectivity index (χ1n) is 21.2. The number of esters is 4. The normalized spacial score (nSPS) is 35.8. The highest BCUT2D eigenvalue weighted by atomic mass is 16.7. The molecule has 0 radical (unpaired) electrons. The smallest absolute Gasteiger partial charge is 0.330 e. The molecule has 15 nitrogen and oxygen atoms in total. The quantitative estimate of drug-likeness (QED) is 0.0787. The van der Waals surface area contributed by atoms with Crippen molar-refractivity contribution < 1.29 is 72.8 Å². The molecule has 4 aliphatic heterocycles. The third-order valence-electron chi connectivity index (χ3n) is 12.2. The maximum absolute atomic E-state index is 13.4. The molecule has 0 aromatic heterocycles. The molecule has 4 N–H and O–H groups in total. The molecule has 0 amide bonds. The van der Waals surface area contributed by atoms with Crippen LogP contribution in [0.5, 0.6) is 0 Å². The van der Waals surface area contributed by atoms with Gasteiger partial charge in [0, 0.05) is 55.1 Å². The Bertz CT molecular complexity index is 1530. The Kier molecular flexibility index (Phi) is 17.7. The molecule has 15 heteroatoms. The number of cyclic esters (lactones) is 1. The highest BCUT2D eigenvalue weighted by molar-refractivity contribution is 5.83. The van der Waals surface area contributed by atoms with Gasteiger partial charge >= 0.3 is 23.9 Å². The lowest BCUT2D eigenvalue weighted by Gasteiger charge is -2.51. The zero-order valence-electron chi connectivity index (χ0n) is 35.9. The topological polar surface area (TPSA) is 214 Å². The van der Waals surface area contributed by atoms with Crippen molar-refractivity contribution >= 4 is 23.9 Å². The molecule has 0 unspecified atom stereocenters. The number of carbonyl (C=O) groups excluding carboxylic acids is 4. The van der Waals surface area contributed by atoms with Gasteiger partial charge in [-0.15, -0.1) is 0 Å². The van der Waals surface area contributed by atoms with Crippen molar-refractivity contribution in [2.75, 3.05) is 20.8 Å². The van der Waals surface area contributed by atoms with Crippen LogP contribution in [0.4, 0.5) is 0 Å². The van der Waals surface area contributed by atoms with Crippen molar-refractivity contribution in [1.29, 1.82) is 0 Å². The molecule has 4 heterocycles. The maximum atomic E-state index is 13.4. The Balaban J connectivity index is 1.80. The van der Waals surface area contributed by atoms with Gasteiger partial charge in [0.05, 0.1) is 70.0 Å². The third-order valence-corrected chi connectivity index (χ3v) is 12.2. The van der Waals surface area contributed by atoms with Crippen LogP contribution < -0.4 is 0 Å². The van der Waals surface area contributed by atoms with E-state index in [0.717, 1.165) is 37.3 Å². The largest absolute Gasteiger partial charge is 0.466 e. The fourth-order valence-corrected chi connectivity index (χ4v) is 8.45. The number of rotatable bonds is 10. The van der Waals surface area contributed by atoms with Crippen molar-refractivity contribution in [2.24, 2.45) is 10.8 Å². The lowest BCUT2D eigenvalue weighted by Crippen LogP contribution is -2.62. The summed E-state index contributed by atoms with van der Waals surface area (Å²) in [4.78, 5) is 51.9. The van der Waals surface area contributed by atoms with Crippen molar-refractivity contribution in [3.63, 3.8) is 0 Å². The summed E-state index contributed by atoms with van der Waals surface area (Å²) in [5.74, 6) is -5.01. The van der Waals surface area contributed by atoms with E-state index in [9.17, 15) is 39.6 Å². The third kappa shape index (κ3) is 13.2. The molecule has 0 aromatic carbocycles. The van der Waals surface area contributed by atoms with Gasteiger partial charge in [0.2, 0.25) is 5.79 Å². The number of carbonyl (C=O) groups is 4. The minimum absolute atomic E-state index is 0.0291. The van der Waals surface area contributed by atoms with Crippen LogP contribution in [-0.2, 0) is 52.3 Å². The number of ether oxygens (including phenoxy) is 7. The summed E-state index contributed by atoms with van der Waals surface area (Å²) in [6.07, 6.45) is 3.27. The zero-order chi connectivity index (χ0) is 43.5. The molecule has 0 spiro atoms. The molecule has 0 saturated carbocycles. The molecule has 3 fully saturated rings. The minimum atomic E-state index is -2.34. The first-order chi connectivity index (χ1) is 27.8. The molecular formula is C44H68O15. The van der Waals surface area contributed by atoms with E-state index in [1.54, 1.807) is 26.0 Å². The van der Waals surface area contributed by atoms with E-state index in [0.29, 0.717) is 25.7 Å². The monoisotopic (exact) mass is 836 g/mol. The van der Waals surface area contributed by atoms with E-state index in [4.69, 9.17) is 33.2 Å². The minimum Gasteiger partial charge on any atom is -0.466 e. The average Bonchev–Trinajstić information content (AvgIpc) is 3.16. The molecule has 6 bridgehead atoms. The SMILES string of the molecule is CCCCCCCC(=O)O[C@H]1/C(=C/C(=O)OC)C[C@H]2C[C@H](CO)OC(=O)C[C@H](O)C[C@@H]3C[C@H](O)C(C)(C)[C@H](C[C@@H]4C/C(=C/C(=O)OC)C[C@H](/C=C/C(C)(C)[C@]1(O)O2)O4)O3. The van der Waals surface area contributed by atoms with Gasteiger partial charge in [-0.25, -0.2) is 9.59 Å². The van der Waals surface area contributed by atoms with Gasteiger partial charge in [-0.05, 0) is 31.3 Å². The Morgan fingerprint density at radius 2 is 1.54 bits per heavy atom. The molecule has 4 aliphatic rings. The van der Waals surface area contributed by atoms with Gasteiger partial charge in [-0.1, -0.05) is 78.0 Å². The first-order valence-corrected chi connectivity index (χ1v) is 21.2. The van der Waals surface area contributed by atoms with Gasteiger partial charge in [-0.2, -0.15) is 0 Å². The van der Waals surface area contributed by atoms with E-state index in [1.165, 1.54) is 20.3 Å². The zero-order valence-corrected chi connectivity index (χ0v) is 35.9. The predicted molar refractivity (Wildman–Crippen MR) is 213 cm³/mol. The number of unbranched alkanes of at least 4 members (excludes halogenated alkanes) is 4. The number of methoxy groups -OCH3 is 2. The van der Waals surface area contributed by atoms with Crippen molar-refractivity contribution in [3.8, 4) is 0 Å². The summed E-state index contributed by atoms with van der Waals surface area (Å²) in [5, 5.41) is 45.5. The van der Waals surface area contributed by atoms with Gasteiger partial charge in [0.25, 0.3) is 0 Å². The summed E-state index contributed by atoms with van der Waals surface area (Å²) in [6.45, 7) is 8.61. The van der Waals surface area contributed by atoms with Gasteiger partial charge in [-0.3, -0.25) is 9.59 Å². The van der Waals surface area contributed by atoms with Crippen LogP contribution in [0, 0.1) is 10.8 Å². The highest BCUT2D eigenvalue weighted by Gasteiger charge is 2.58. The summed E-state index contributed by atoms with van der Waals surface area (Å²) >= 11 is 0. The van der Waals surface area contributed by atoms with E-state index in [-0.39, 0.29) is 37.7 Å². The van der Waals surface area contributed by atoms with Gasteiger partial charge in [0.15, 0.2) is 6.10 Å². The lowest BCUT2D eigenvalue weighted by molar-refractivity contribution is -0.327. The van der Waals surface area contributed by atoms with E-state index < -0.39 is 108 Å². The molecule has 0 aliphatic carbocycles. The van der Waals surface area contributed by atoms with Crippen LogP contribution in [0.3, 0.4) is 0 Å². The maximum Gasteiger partial charge on any atom is 0.330 e. The van der Waals surface area contributed by atoms with E-state index >= 15 is 0 Å². The second kappa shape index (κ2) is 21.6. The average molecular weight is 837 g/mol. The lowest BCUT2D eigenvalue weighted by atomic mass is 9.73. The molecule has 4 rings (SSSR count). The van der Waals surface area contributed by atoms with Crippen LogP contribution in [0.15, 0.2) is 35.5 Å². The number of hydrogen-bond donors (Lipinski definition) is 4.